The molecule has 1 N–H and O–H groups in total. The van der Waals surface area contributed by atoms with Gasteiger partial charge in [0.1, 0.15) is 5.69 Å². The van der Waals surface area contributed by atoms with Crippen LogP contribution in [0.4, 0.5) is 5.69 Å². The van der Waals surface area contributed by atoms with Gasteiger partial charge < -0.3 is 10.2 Å². The summed E-state index contributed by atoms with van der Waals surface area (Å²) < 4.78 is 0. The van der Waals surface area contributed by atoms with E-state index in [1.165, 1.54) is 19.2 Å². The number of ketones is 1. The van der Waals surface area contributed by atoms with Gasteiger partial charge in [-0.3, -0.25) is 19.4 Å². The van der Waals surface area contributed by atoms with Gasteiger partial charge in [0.2, 0.25) is 0 Å². The first kappa shape index (κ1) is 20.3. The minimum Gasteiger partial charge on any atom is -0.339 e. The minimum atomic E-state index is -0.405. The Balaban J connectivity index is 2.14. The van der Waals surface area contributed by atoms with Gasteiger partial charge in [0.05, 0.1) is 0 Å². The van der Waals surface area contributed by atoms with E-state index >= 15 is 0 Å². The summed E-state index contributed by atoms with van der Waals surface area (Å²) in [5.41, 5.74) is 1.75. The molecule has 0 aliphatic heterocycles. The number of nitrogens with zero attached hydrogens (tertiary/aromatic N) is 2. The molecule has 0 fully saturated rings. The molecule has 0 bridgehead atoms. The third kappa shape index (κ3) is 5.48. The summed E-state index contributed by atoms with van der Waals surface area (Å²) in [6.07, 6.45) is 3.22. The number of rotatable bonds is 8. The average molecular weight is 367 g/mol. The monoisotopic (exact) mass is 367 g/mol. The topological polar surface area (TPSA) is 79.4 Å². The van der Waals surface area contributed by atoms with Crippen molar-refractivity contribution in [3.63, 3.8) is 0 Å². The van der Waals surface area contributed by atoms with Crippen LogP contribution in [0, 0.1) is 0 Å². The van der Waals surface area contributed by atoms with Crippen molar-refractivity contribution in [1.29, 1.82) is 0 Å². The van der Waals surface area contributed by atoms with Gasteiger partial charge in [0.25, 0.3) is 11.8 Å². The minimum absolute atomic E-state index is 0.0375. The zero-order chi connectivity index (χ0) is 19.8. The van der Waals surface area contributed by atoms with Crippen molar-refractivity contribution >= 4 is 23.3 Å². The van der Waals surface area contributed by atoms with E-state index in [1.54, 1.807) is 35.2 Å². The van der Waals surface area contributed by atoms with E-state index in [1.807, 2.05) is 13.8 Å². The van der Waals surface area contributed by atoms with Gasteiger partial charge in [-0.1, -0.05) is 13.8 Å². The van der Waals surface area contributed by atoms with Gasteiger partial charge >= 0.3 is 0 Å². The van der Waals surface area contributed by atoms with Gasteiger partial charge in [0, 0.05) is 36.1 Å². The maximum Gasteiger partial charge on any atom is 0.274 e. The molecule has 2 aromatic rings. The van der Waals surface area contributed by atoms with Crippen LogP contribution in [0.2, 0.25) is 0 Å². The fourth-order valence-corrected chi connectivity index (χ4v) is 2.71. The summed E-state index contributed by atoms with van der Waals surface area (Å²) in [6.45, 7) is 6.90. The molecule has 1 aromatic heterocycles. The molecule has 142 valence electrons. The van der Waals surface area contributed by atoms with Crippen molar-refractivity contribution in [2.24, 2.45) is 0 Å². The highest BCUT2D eigenvalue weighted by molar-refractivity contribution is 6.05. The maximum absolute atomic E-state index is 12.7. The van der Waals surface area contributed by atoms with E-state index in [-0.39, 0.29) is 17.4 Å². The smallest absolute Gasteiger partial charge is 0.274 e. The largest absolute Gasteiger partial charge is 0.339 e. The molecule has 27 heavy (non-hydrogen) atoms. The first-order valence-electron chi connectivity index (χ1n) is 9.14. The molecule has 0 aliphatic carbocycles. The first-order chi connectivity index (χ1) is 13.0. The highest BCUT2D eigenvalue weighted by atomic mass is 16.2. The molecule has 0 spiro atoms. The number of amides is 2. The number of carbonyl (C=O) groups excluding carboxylic acids is 3. The number of anilines is 1. The molecule has 0 unspecified atom stereocenters. The van der Waals surface area contributed by atoms with E-state index in [4.69, 9.17) is 0 Å². The SMILES string of the molecule is CCCN(CCC)C(=O)c1ccnc(C(=O)Nc2ccc(C(C)=O)cc2)c1. The third-order valence-corrected chi connectivity index (χ3v) is 4.06. The molecule has 0 saturated heterocycles. The molecule has 1 heterocycles. The summed E-state index contributed by atoms with van der Waals surface area (Å²) in [7, 11) is 0. The van der Waals surface area contributed by atoms with E-state index in [2.05, 4.69) is 10.3 Å². The van der Waals surface area contributed by atoms with Gasteiger partial charge in [-0.15, -0.1) is 0 Å². The molecule has 0 saturated carbocycles. The molecule has 6 heteroatoms. The Morgan fingerprint density at radius 3 is 2.15 bits per heavy atom. The van der Waals surface area contributed by atoms with Crippen molar-refractivity contribution in [3.05, 3.63) is 59.4 Å². The van der Waals surface area contributed by atoms with Crippen LogP contribution in [-0.2, 0) is 0 Å². The Hall–Kier alpha value is -3.02. The Morgan fingerprint density at radius 1 is 0.963 bits per heavy atom. The summed E-state index contributed by atoms with van der Waals surface area (Å²) in [4.78, 5) is 42.3. The average Bonchev–Trinajstić information content (AvgIpc) is 2.67. The first-order valence-corrected chi connectivity index (χ1v) is 9.14. The highest BCUT2D eigenvalue weighted by Gasteiger charge is 2.17. The zero-order valence-corrected chi connectivity index (χ0v) is 16.0. The normalized spacial score (nSPS) is 10.3. The predicted octanol–water partition coefficient (Wildman–Crippen LogP) is 3.80. The van der Waals surface area contributed by atoms with Crippen LogP contribution in [0.25, 0.3) is 0 Å². The van der Waals surface area contributed by atoms with Crippen LogP contribution < -0.4 is 5.32 Å². The van der Waals surface area contributed by atoms with Crippen molar-refractivity contribution in [1.82, 2.24) is 9.88 Å². The van der Waals surface area contributed by atoms with Crippen molar-refractivity contribution in [3.8, 4) is 0 Å². The van der Waals surface area contributed by atoms with Crippen LogP contribution in [0.15, 0.2) is 42.6 Å². The van der Waals surface area contributed by atoms with E-state index in [9.17, 15) is 14.4 Å². The number of aromatic nitrogens is 1. The Morgan fingerprint density at radius 2 is 1.59 bits per heavy atom. The van der Waals surface area contributed by atoms with E-state index < -0.39 is 5.91 Å². The number of hydrogen-bond acceptors (Lipinski definition) is 4. The molecule has 1 aromatic carbocycles. The van der Waals surface area contributed by atoms with Crippen molar-refractivity contribution in [2.45, 2.75) is 33.6 Å². The Labute approximate surface area is 159 Å². The van der Waals surface area contributed by atoms with Crippen LogP contribution in [0.5, 0.6) is 0 Å². The number of pyridine rings is 1. The molecule has 0 atom stereocenters. The van der Waals surface area contributed by atoms with Crippen LogP contribution in [0.3, 0.4) is 0 Å². The van der Waals surface area contributed by atoms with Gasteiger partial charge in [-0.05, 0) is 56.2 Å². The Kier molecular flexibility index (Phi) is 7.23. The summed E-state index contributed by atoms with van der Waals surface area (Å²) in [5, 5.41) is 2.73. The highest BCUT2D eigenvalue weighted by Crippen LogP contribution is 2.13. The number of nitrogens with one attached hydrogen (secondary N) is 1. The van der Waals surface area contributed by atoms with E-state index in [0.29, 0.717) is 29.9 Å². The predicted molar refractivity (Wildman–Crippen MR) is 105 cm³/mol. The van der Waals surface area contributed by atoms with Crippen molar-refractivity contribution < 1.29 is 14.4 Å². The number of carbonyl (C=O) groups is 3. The number of hydrogen-bond donors (Lipinski definition) is 1. The van der Waals surface area contributed by atoms with Crippen LogP contribution >= 0.6 is 0 Å². The standard InChI is InChI=1S/C21H25N3O3/c1-4-12-24(13-5-2)21(27)17-10-11-22-19(14-17)20(26)23-18-8-6-16(7-9-18)15(3)25/h6-11,14H,4-5,12-13H2,1-3H3,(H,23,26). The summed E-state index contributed by atoms with van der Waals surface area (Å²) in [6, 6.07) is 9.76. The zero-order valence-electron chi connectivity index (χ0n) is 16.0. The fourth-order valence-electron chi connectivity index (χ4n) is 2.71. The van der Waals surface area contributed by atoms with Crippen molar-refractivity contribution in [2.75, 3.05) is 18.4 Å². The Bertz CT molecular complexity index is 810. The third-order valence-electron chi connectivity index (χ3n) is 4.06. The number of Topliss-reactive ketones (excluding diaryl/α,β-unsaturated/α-hetero) is 1. The van der Waals surface area contributed by atoms with Crippen LogP contribution in [0.1, 0.15) is 64.8 Å². The second kappa shape index (κ2) is 9.62. The van der Waals surface area contributed by atoms with Crippen LogP contribution in [-0.4, -0.2) is 40.6 Å². The molecule has 2 amide bonds. The van der Waals surface area contributed by atoms with Gasteiger partial charge in [-0.25, -0.2) is 0 Å². The lowest BCUT2D eigenvalue weighted by atomic mass is 10.1. The van der Waals surface area contributed by atoms with E-state index in [0.717, 1.165) is 12.8 Å². The quantitative estimate of drug-likeness (QED) is 0.720. The molecule has 2 rings (SSSR count). The number of benzene rings is 1. The lowest BCUT2D eigenvalue weighted by Gasteiger charge is -2.21. The molecule has 6 nitrogen and oxygen atoms in total. The summed E-state index contributed by atoms with van der Waals surface area (Å²) >= 11 is 0. The maximum atomic E-state index is 12.7. The summed E-state index contributed by atoms with van der Waals surface area (Å²) in [5.74, 6) is -0.539. The lowest BCUT2D eigenvalue weighted by molar-refractivity contribution is 0.0755. The molecular formula is C21H25N3O3. The fraction of sp³-hybridized carbons (Fsp3) is 0.333. The molecule has 0 aliphatic rings. The van der Waals surface area contributed by atoms with Gasteiger partial charge in [0.15, 0.2) is 5.78 Å². The van der Waals surface area contributed by atoms with Gasteiger partial charge in [-0.2, -0.15) is 0 Å². The lowest BCUT2D eigenvalue weighted by Crippen LogP contribution is -2.32. The molecular weight excluding hydrogens is 342 g/mol. The second-order valence-electron chi connectivity index (χ2n) is 6.31. The second-order valence-corrected chi connectivity index (χ2v) is 6.31. The molecule has 0 radical (unpaired) electrons.